The maximum atomic E-state index is 12.7. The molecular weight excluding hydrogens is 242 g/mol. The van der Waals surface area contributed by atoms with Crippen molar-refractivity contribution in [3.63, 3.8) is 0 Å². The molecule has 0 atom stereocenters. The third-order valence-corrected chi connectivity index (χ3v) is 5.50. The van der Waals surface area contributed by atoms with Crippen molar-refractivity contribution < 1.29 is 14.7 Å². The van der Waals surface area contributed by atoms with Crippen LogP contribution in [-0.4, -0.2) is 35.5 Å². The van der Waals surface area contributed by atoms with Gasteiger partial charge in [0.1, 0.15) is 0 Å². The Kier molecular flexibility index (Phi) is 3.06. The number of hydrogen-bond donors (Lipinski definition) is 1. The minimum absolute atomic E-state index is 0.0502. The first-order valence-corrected chi connectivity index (χ1v) is 7.46. The van der Waals surface area contributed by atoms with E-state index in [4.69, 9.17) is 5.11 Å². The molecule has 4 heteroatoms. The quantitative estimate of drug-likeness (QED) is 0.847. The van der Waals surface area contributed by atoms with E-state index >= 15 is 0 Å². The Labute approximate surface area is 114 Å². The summed E-state index contributed by atoms with van der Waals surface area (Å²) in [5.74, 6) is 1.65. The second-order valence-corrected chi connectivity index (χ2v) is 7.07. The van der Waals surface area contributed by atoms with Crippen LogP contribution < -0.4 is 0 Å². The van der Waals surface area contributed by atoms with E-state index in [1.807, 2.05) is 0 Å². The number of aliphatic carboxylic acids is 1. The summed E-state index contributed by atoms with van der Waals surface area (Å²) in [6, 6.07) is 0. The Balaban J connectivity index is 1.70. The van der Waals surface area contributed by atoms with Crippen molar-refractivity contribution in [2.75, 3.05) is 13.6 Å². The smallest absolute Gasteiger partial charge is 0.305 e. The molecule has 0 heterocycles. The summed E-state index contributed by atoms with van der Waals surface area (Å²) in [4.78, 5) is 25.0. The molecule has 19 heavy (non-hydrogen) atoms. The second-order valence-electron chi connectivity index (χ2n) is 7.07. The maximum absolute atomic E-state index is 12.7. The van der Waals surface area contributed by atoms with Gasteiger partial charge in [0, 0.05) is 13.6 Å². The highest BCUT2D eigenvalue weighted by molar-refractivity contribution is 5.83. The van der Waals surface area contributed by atoms with Crippen molar-refractivity contribution >= 4 is 11.9 Å². The fourth-order valence-corrected chi connectivity index (χ4v) is 5.14. The average Bonchev–Trinajstić information content (AvgIpc) is 2.33. The van der Waals surface area contributed by atoms with E-state index in [2.05, 4.69) is 0 Å². The van der Waals surface area contributed by atoms with Gasteiger partial charge in [0.25, 0.3) is 0 Å². The third-order valence-electron chi connectivity index (χ3n) is 5.50. The minimum Gasteiger partial charge on any atom is -0.481 e. The molecule has 0 aromatic heterocycles. The van der Waals surface area contributed by atoms with E-state index in [1.165, 1.54) is 19.3 Å². The van der Waals surface area contributed by atoms with Crippen LogP contribution >= 0.6 is 0 Å². The molecule has 0 aromatic carbocycles. The molecule has 0 aliphatic heterocycles. The highest BCUT2D eigenvalue weighted by atomic mass is 16.4. The van der Waals surface area contributed by atoms with Crippen molar-refractivity contribution in [3.8, 4) is 0 Å². The molecule has 0 radical (unpaired) electrons. The fraction of sp³-hybridized carbons (Fsp3) is 0.867. The Morgan fingerprint density at radius 3 is 2.00 bits per heavy atom. The van der Waals surface area contributed by atoms with Crippen LogP contribution in [0.3, 0.4) is 0 Å². The SMILES string of the molecule is CN(CCC(=O)O)C(=O)C12CC3CC(CC(C3)C1)C2. The van der Waals surface area contributed by atoms with E-state index in [9.17, 15) is 9.59 Å². The van der Waals surface area contributed by atoms with Gasteiger partial charge < -0.3 is 10.0 Å². The normalized spacial score (nSPS) is 39.3. The summed E-state index contributed by atoms with van der Waals surface area (Å²) in [6.07, 6.45) is 7.18. The molecule has 4 nitrogen and oxygen atoms in total. The molecule has 0 spiro atoms. The number of carboxylic acids is 1. The van der Waals surface area contributed by atoms with Crippen molar-refractivity contribution in [2.24, 2.45) is 23.2 Å². The van der Waals surface area contributed by atoms with Crippen LogP contribution in [0.4, 0.5) is 0 Å². The van der Waals surface area contributed by atoms with Crippen LogP contribution in [-0.2, 0) is 9.59 Å². The van der Waals surface area contributed by atoms with Crippen LogP contribution in [0.2, 0.25) is 0 Å². The van der Waals surface area contributed by atoms with Gasteiger partial charge in [-0.25, -0.2) is 0 Å². The fourth-order valence-electron chi connectivity index (χ4n) is 5.14. The van der Waals surface area contributed by atoms with Gasteiger partial charge in [-0.2, -0.15) is 0 Å². The van der Waals surface area contributed by atoms with E-state index in [0.717, 1.165) is 37.0 Å². The molecule has 0 aromatic rings. The molecule has 4 saturated carbocycles. The summed E-state index contributed by atoms with van der Waals surface area (Å²) in [6.45, 7) is 0.343. The van der Waals surface area contributed by atoms with Crippen LogP contribution in [0.5, 0.6) is 0 Å². The molecule has 1 N–H and O–H groups in total. The summed E-state index contributed by atoms with van der Waals surface area (Å²) >= 11 is 0. The average molecular weight is 265 g/mol. The molecule has 4 aliphatic carbocycles. The summed E-state index contributed by atoms with van der Waals surface area (Å²) < 4.78 is 0. The van der Waals surface area contributed by atoms with Gasteiger partial charge in [-0.1, -0.05) is 0 Å². The number of carbonyl (C=O) groups excluding carboxylic acids is 1. The standard InChI is InChI=1S/C15H23NO3/c1-16(3-2-13(17)18)14(19)15-7-10-4-11(8-15)6-12(5-10)9-15/h10-12H,2-9H2,1H3,(H,17,18). The zero-order chi connectivity index (χ0) is 13.6. The molecule has 4 bridgehead atoms. The lowest BCUT2D eigenvalue weighted by Crippen LogP contribution is -2.54. The number of carboxylic acid groups (broad SMARTS) is 1. The topological polar surface area (TPSA) is 57.6 Å². The first-order chi connectivity index (χ1) is 8.98. The number of amides is 1. The van der Waals surface area contributed by atoms with Gasteiger partial charge in [0.05, 0.1) is 11.8 Å². The van der Waals surface area contributed by atoms with Crippen molar-refractivity contribution in [1.82, 2.24) is 4.90 Å². The molecule has 1 amide bonds. The number of hydrogen-bond acceptors (Lipinski definition) is 2. The lowest BCUT2D eigenvalue weighted by molar-refractivity contribution is -0.156. The van der Waals surface area contributed by atoms with Crippen LogP contribution in [0.1, 0.15) is 44.9 Å². The van der Waals surface area contributed by atoms with Crippen molar-refractivity contribution in [2.45, 2.75) is 44.9 Å². The predicted molar refractivity (Wildman–Crippen MR) is 70.5 cm³/mol. The zero-order valence-electron chi connectivity index (χ0n) is 11.6. The number of nitrogens with zero attached hydrogens (tertiary/aromatic N) is 1. The lowest BCUT2D eigenvalue weighted by Gasteiger charge is -2.56. The lowest BCUT2D eigenvalue weighted by atomic mass is 9.49. The first kappa shape index (κ1) is 12.9. The highest BCUT2D eigenvalue weighted by Crippen LogP contribution is 2.60. The molecule has 4 fully saturated rings. The van der Waals surface area contributed by atoms with Gasteiger partial charge in [0.2, 0.25) is 5.91 Å². The van der Waals surface area contributed by atoms with Gasteiger partial charge in [-0.15, -0.1) is 0 Å². The number of rotatable bonds is 4. The maximum Gasteiger partial charge on any atom is 0.305 e. The van der Waals surface area contributed by atoms with E-state index in [-0.39, 0.29) is 17.7 Å². The zero-order valence-corrected chi connectivity index (χ0v) is 11.6. The van der Waals surface area contributed by atoms with Gasteiger partial charge in [-0.3, -0.25) is 9.59 Å². The third kappa shape index (κ3) is 2.26. The summed E-state index contributed by atoms with van der Waals surface area (Å²) in [5.41, 5.74) is -0.137. The summed E-state index contributed by atoms with van der Waals surface area (Å²) in [5, 5.41) is 8.74. The Bertz CT molecular complexity index is 369. The van der Waals surface area contributed by atoms with Crippen LogP contribution in [0.25, 0.3) is 0 Å². The van der Waals surface area contributed by atoms with Gasteiger partial charge >= 0.3 is 5.97 Å². The highest BCUT2D eigenvalue weighted by Gasteiger charge is 2.55. The first-order valence-electron chi connectivity index (χ1n) is 7.46. The summed E-state index contributed by atoms with van der Waals surface area (Å²) in [7, 11) is 1.77. The molecule has 0 saturated heterocycles. The molecule has 106 valence electrons. The van der Waals surface area contributed by atoms with E-state index < -0.39 is 5.97 Å². The van der Waals surface area contributed by atoms with E-state index in [0.29, 0.717) is 6.54 Å². The van der Waals surface area contributed by atoms with Crippen molar-refractivity contribution in [3.05, 3.63) is 0 Å². The van der Waals surface area contributed by atoms with Gasteiger partial charge in [-0.05, 0) is 56.3 Å². The molecule has 0 unspecified atom stereocenters. The largest absolute Gasteiger partial charge is 0.481 e. The second kappa shape index (κ2) is 4.50. The van der Waals surface area contributed by atoms with E-state index in [1.54, 1.807) is 11.9 Å². The Morgan fingerprint density at radius 1 is 1.11 bits per heavy atom. The monoisotopic (exact) mass is 265 g/mol. The van der Waals surface area contributed by atoms with Crippen molar-refractivity contribution in [1.29, 1.82) is 0 Å². The molecule has 4 rings (SSSR count). The molecular formula is C15H23NO3. The van der Waals surface area contributed by atoms with Crippen LogP contribution in [0, 0.1) is 23.2 Å². The molecule has 4 aliphatic rings. The predicted octanol–water partition coefficient (Wildman–Crippen LogP) is 2.14. The Morgan fingerprint density at radius 2 is 1.58 bits per heavy atom. The van der Waals surface area contributed by atoms with Gasteiger partial charge in [0.15, 0.2) is 0 Å². The Hall–Kier alpha value is -1.06. The number of carbonyl (C=O) groups is 2. The minimum atomic E-state index is -0.829. The van der Waals surface area contributed by atoms with Crippen LogP contribution in [0.15, 0.2) is 0 Å².